The number of anilines is 1. The van der Waals surface area contributed by atoms with E-state index < -0.39 is 5.92 Å². The molecule has 0 spiro atoms. The predicted molar refractivity (Wildman–Crippen MR) is 125 cm³/mol. The Hall–Kier alpha value is -3.47. The Morgan fingerprint density at radius 1 is 1.03 bits per heavy atom. The number of likely N-dealkylation sites (tertiary alicyclic amines) is 1. The van der Waals surface area contributed by atoms with Crippen molar-refractivity contribution in [3.63, 3.8) is 0 Å². The molecule has 5 heteroatoms. The zero-order chi connectivity index (χ0) is 22.1. The van der Waals surface area contributed by atoms with Crippen LogP contribution in [0.4, 0.5) is 5.69 Å². The first-order chi connectivity index (χ1) is 15.6. The van der Waals surface area contributed by atoms with E-state index in [2.05, 4.69) is 29.6 Å². The smallest absolute Gasteiger partial charge is 0.230 e. The average molecular weight is 426 g/mol. The van der Waals surface area contributed by atoms with Crippen LogP contribution in [-0.4, -0.2) is 34.8 Å². The van der Waals surface area contributed by atoms with Gasteiger partial charge in [-0.1, -0.05) is 48.5 Å². The number of hydrogen-bond acceptors (Lipinski definition) is 3. The molecule has 3 aromatic rings. The van der Waals surface area contributed by atoms with Gasteiger partial charge in [0.15, 0.2) is 0 Å². The van der Waals surface area contributed by atoms with Crippen LogP contribution in [0.15, 0.2) is 66.7 Å². The normalized spacial score (nSPS) is 20.4. The fourth-order valence-electron chi connectivity index (χ4n) is 4.97. The lowest BCUT2D eigenvalue weighted by molar-refractivity contribution is -0.136. The molecule has 2 aliphatic rings. The van der Waals surface area contributed by atoms with E-state index >= 15 is 0 Å². The molecule has 2 aromatic carbocycles. The summed E-state index contributed by atoms with van der Waals surface area (Å²) in [5.74, 6) is -0.261. The van der Waals surface area contributed by atoms with E-state index in [1.54, 1.807) is 0 Å². The second-order valence-electron chi connectivity index (χ2n) is 8.80. The molecule has 2 aliphatic heterocycles. The summed E-state index contributed by atoms with van der Waals surface area (Å²) in [5, 5.41) is 2.89. The topological polar surface area (TPSA) is 62.3 Å². The van der Waals surface area contributed by atoms with Crippen molar-refractivity contribution in [2.75, 3.05) is 18.4 Å². The number of nitrogens with one attached hydrogen (secondary N) is 1. The summed E-state index contributed by atoms with van der Waals surface area (Å²) in [5.41, 5.74) is 6.04. The molecule has 162 valence electrons. The molecule has 5 rings (SSSR count). The van der Waals surface area contributed by atoms with Crippen molar-refractivity contribution in [3.05, 3.63) is 83.7 Å². The van der Waals surface area contributed by atoms with Crippen LogP contribution in [0.1, 0.15) is 48.0 Å². The SMILES string of the molecule is Cc1cc(-c2ccccc2)cc([C@@H]2CCCN(C(=O)[C@@H]3CC(=O)Nc4ccccc43)C2)n1. The zero-order valence-electron chi connectivity index (χ0n) is 18.3. The minimum absolute atomic E-state index is 0.0490. The number of carbonyl (C=O) groups is 2. The first-order valence-corrected chi connectivity index (χ1v) is 11.3. The quantitative estimate of drug-likeness (QED) is 0.650. The van der Waals surface area contributed by atoms with E-state index in [0.29, 0.717) is 6.54 Å². The first-order valence-electron chi connectivity index (χ1n) is 11.3. The Bertz CT molecular complexity index is 1160. The summed E-state index contributed by atoms with van der Waals surface area (Å²) in [7, 11) is 0. The largest absolute Gasteiger partial charge is 0.341 e. The van der Waals surface area contributed by atoms with Gasteiger partial charge in [-0.3, -0.25) is 14.6 Å². The maximum Gasteiger partial charge on any atom is 0.230 e. The minimum atomic E-state index is -0.413. The molecule has 2 atom stereocenters. The third-order valence-corrected chi connectivity index (χ3v) is 6.53. The highest BCUT2D eigenvalue weighted by Crippen LogP contribution is 2.36. The van der Waals surface area contributed by atoms with Gasteiger partial charge in [0.05, 0.1) is 5.92 Å². The van der Waals surface area contributed by atoms with E-state index in [9.17, 15) is 9.59 Å². The highest BCUT2D eigenvalue weighted by atomic mass is 16.2. The van der Waals surface area contributed by atoms with Gasteiger partial charge < -0.3 is 10.2 Å². The Morgan fingerprint density at radius 2 is 1.81 bits per heavy atom. The number of piperidine rings is 1. The van der Waals surface area contributed by atoms with Crippen LogP contribution >= 0.6 is 0 Å². The van der Waals surface area contributed by atoms with Crippen molar-refractivity contribution < 1.29 is 9.59 Å². The van der Waals surface area contributed by atoms with Crippen molar-refractivity contribution in [2.45, 2.75) is 38.0 Å². The standard InChI is InChI=1S/C27H27N3O2/c1-18-14-21(19-8-3-2-4-9-19)15-25(28-18)20-10-7-13-30(17-20)27(32)23-16-26(31)29-24-12-6-5-11-22(23)24/h2-6,8-9,11-12,14-15,20,23H,7,10,13,16-17H2,1H3,(H,29,31)/t20-,23-/m1/s1. The number of nitrogens with zero attached hydrogens (tertiary/aromatic N) is 2. The molecule has 0 bridgehead atoms. The van der Waals surface area contributed by atoms with E-state index in [-0.39, 0.29) is 24.2 Å². The molecule has 0 unspecified atom stereocenters. The molecule has 5 nitrogen and oxygen atoms in total. The maximum atomic E-state index is 13.5. The molecule has 1 N–H and O–H groups in total. The van der Waals surface area contributed by atoms with Crippen LogP contribution in [0.25, 0.3) is 11.1 Å². The fraction of sp³-hybridized carbons (Fsp3) is 0.296. The van der Waals surface area contributed by atoms with Crippen LogP contribution in [-0.2, 0) is 9.59 Å². The van der Waals surface area contributed by atoms with Crippen LogP contribution in [0, 0.1) is 6.92 Å². The van der Waals surface area contributed by atoms with Crippen molar-refractivity contribution in [1.82, 2.24) is 9.88 Å². The third-order valence-electron chi connectivity index (χ3n) is 6.53. The average Bonchev–Trinajstić information content (AvgIpc) is 2.83. The lowest BCUT2D eigenvalue weighted by Gasteiger charge is -2.36. The third kappa shape index (κ3) is 4.03. The van der Waals surface area contributed by atoms with Crippen molar-refractivity contribution in [1.29, 1.82) is 0 Å². The molecule has 1 saturated heterocycles. The molecule has 3 heterocycles. The molecule has 1 fully saturated rings. The Balaban J connectivity index is 1.39. The lowest BCUT2D eigenvalue weighted by atomic mass is 9.87. The number of para-hydroxylation sites is 1. The van der Waals surface area contributed by atoms with Crippen molar-refractivity contribution >= 4 is 17.5 Å². The number of fused-ring (bicyclic) bond motifs is 1. The number of aryl methyl sites for hydroxylation is 1. The summed E-state index contributed by atoms with van der Waals surface area (Å²) >= 11 is 0. The predicted octanol–water partition coefficient (Wildman–Crippen LogP) is 4.89. The number of amides is 2. The van der Waals surface area contributed by atoms with Crippen molar-refractivity contribution in [2.24, 2.45) is 0 Å². The van der Waals surface area contributed by atoms with Gasteiger partial charge in [0.25, 0.3) is 0 Å². The molecule has 0 saturated carbocycles. The van der Waals surface area contributed by atoms with Gasteiger partial charge in [0.2, 0.25) is 11.8 Å². The zero-order valence-corrected chi connectivity index (χ0v) is 18.3. The number of carbonyl (C=O) groups excluding carboxylic acids is 2. The monoisotopic (exact) mass is 425 g/mol. The van der Waals surface area contributed by atoms with Gasteiger partial charge in [-0.2, -0.15) is 0 Å². The first kappa shape index (κ1) is 20.4. The lowest BCUT2D eigenvalue weighted by Crippen LogP contribution is -2.43. The summed E-state index contributed by atoms with van der Waals surface area (Å²) < 4.78 is 0. The van der Waals surface area contributed by atoms with Gasteiger partial charge in [0.1, 0.15) is 0 Å². The van der Waals surface area contributed by atoms with Gasteiger partial charge in [0, 0.05) is 42.5 Å². The summed E-state index contributed by atoms with van der Waals surface area (Å²) in [6.07, 6.45) is 2.15. The van der Waals surface area contributed by atoms with Gasteiger partial charge in [-0.15, -0.1) is 0 Å². The highest BCUT2D eigenvalue weighted by Gasteiger charge is 2.35. The maximum absolute atomic E-state index is 13.5. The van der Waals surface area contributed by atoms with E-state index in [4.69, 9.17) is 4.98 Å². The van der Waals surface area contributed by atoms with Crippen LogP contribution in [0.3, 0.4) is 0 Å². The molecule has 2 amide bonds. The molecule has 1 aromatic heterocycles. The number of hydrogen-bond donors (Lipinski definition) is 1. The number of rotatable bonds is 3. The van der Waals surface area contributed by atoms with Crippen LogP contribution < -0.4 is 5.32 Å². The number of aromatic nitrogens is 1. The molecular formula is C27H27N3O2. The second-order valence-corrected chi connectivity index (χ2v) is 8.80. The van der Waals surface area contributed by atoms with E-state index in [0.717, 1.165) is 47.6 Å². The minimum Gasteiger partial charge on any atom is -0.341 e. The Kier molecular flexibility index (Phi) is 5.48. The second kappa shape index (κ2) is 8.58. The highest BCUT2D eigenvalue weighted by molar-refractivity contribution is 6.01. The van der Waals surface area contributed by atoms with Crippen LogP contribution in [0.2, 0.25) is 0 Å². The molecular weight excluding hydrogens is 398 g/mol. The van der Waals surface area contributed by atoms with Gasteiger partial charge in [-0.25, -0.2) is 0 Å². The molecule has 0 aliphatic carbocycles. The van der Waals surface area contributed by atoms with E-state index in [1.807, 2.05) is 54.3 Å². The summed E-state index contributed by atoms with van der Waals surface area (Å²) in [4.78, 5) is 32.5. The Morgan fingerprint density at radius 3 is 2.66 bits per heavy atom. The molecule has 32 heavy (non-hydrogen) atoms. The number of benzene rings is 2. The summed E-state index contributed by atoms with van der Waals surface area (Å²) in [6, 6.07) is 22.3. The molecule has 0 radical (unpaired) electrons. The van der Waals surface area contributed by atoms with Crippen LogP contribution in [0.5, 0.6) is 0 Å². The van der Waals surface area contributed by atoms with Gasteiger partial charge in [-0.05, 0) is 54.7 Å². The van der Waals surface area contributed by atoms with Crippen molar-refractivity contribution in [3.8, 4) is 11.1 Å². The van der Waals surface area contributed by atoms with E-state index in [1.165, 1.54) is 5.56 Å². The fourth-order valence-corrected chi connectivity index (χ4v) is 4.97. The van der Waals surface area contributed by atoms with Gasteiger partial charge >= 0.3 is 0 Å². The summed E-state index contributed by atoms with van der Waals surface area (Å²) in [6.45, 7) is 3.40. The number of pyridine rings is 1. The Labute approximate surface area is 188 Å².